The van der Waals surface area contributed by atoms with Crippen LogP contribution in [0.4, 0.5) is 5.69 Å². The molecular weight excluding hydrogens is 337 g/mol. The third-order valence-electron chi connectivity index (χ3n) is 3.00. The number of carbonyl (C=O) groups is 1. The average molecular weight is 354 g/mol. The summed E-state index contributed by atoms with van der Waals surface area (Å²) in [5.41, 5.74) is 1.37. The number of anilines is 1. The molecule has 0 bridgehead atoms. The molecular formula is C17H17Cl2NO3. The summed E-state index contributed by atoms with van der Waals surface area (Å²) in [4.78, 5) is 12.1. The fraction of sp³-hybridized carbons (Fsp3) is 0.235. The lowest BCUT2D eigenvalue weighted by atomic mass is 10.2. The lowest BCUT2D eigenvalue weighted by molar-refractivity contribution is -0.118. The molecule has 0 saturated heterocycles. The van der Waals surface area contributed by atoms with E-state index in [9.17, 15) is 4.79 Å². The normalized spacial score (nSPS) is 10.3. The quantitative estimate of drug-likeness (QED) is 0.817. The van der Waals surface area contributed by atoms with Crippen LogP contribution in [0.25, 0.3) is 0 Å². The number of carbonyl (C=O) groups excluding carboxylic acids is 1. The molecule has 2 aromatic rings. The molecule has 4 nitrogen and oxygen atoms in total. The fourth-order valence-electron chi connectivity index (χ4n) is 2.05. The van der Waals surface area contributed by atoms with Gasteiger partial charge in [0.15, 0.2) is 6.61 Å². The van der Waals surface area contributed by atoms with Gasteiger partial charge in [0.1, 0.15) is 11.5 Å². The predicted molar refractivity (Wildman–Crippen MR) is 92.9 cm³/mol. The second-order valence-electron chi connectivity index (χ2n) is 4.80. The first-order chi connectivity index (χ1) is 11.0. The molecule has 0 aliphatic heterocycles. The van der Waals surface area contributed by atoms with E-state index in [0.29, 0.717) is 33.8 Å². The average Bonchev–Trinajstić information content (AvgIpc) is 2.48. The summed E-state index contributed by atoms with van der Waals surface area (Å²) in [6.07, 6.45) is 0. The van der Waals surface area contributed by atoms with Crippen LogP contribution in [-0.2, 0) is 4.79 Å². The second-order valence-corrected chi connectivity index (χ2v) is 5.64. The third kappa shape index (κ3) is 4.78. The zero-order chi connectivity index (χ0) is 16.8. The smallest absolute Gasteiger partial charge is 0.262 e. The number of nitrogens with one attached hydrogen (secondary N) is 1. The Balaban J connectivity index is 2.01. The van der Waals surface area contributed by atoms with Gasteiger partial charge in [-0.05, 0) is 43.7 Å². The summed E-state index contributed by atoms with van der Waals surface area (Å²) in [6.45, 7) is 4.05. The van der Waals surface area contributed by atoms with Crippen molar-refractivity contribution in [2.45, 2.75) is 13.8 Å². The largest absolute Gasteiger partial charge is 0.492 e. The van der Waals surface area contributed by atoms with Crippen molar-refractivity contribution in [3.05, 3.63) is 52.0 Å². The Morgan fingerprint density at radius 1 is 1.17 bits per heavy atom. The lowest BCUT2D eigenvalue weighted by Crippen LogP contribution is -2.21. The van der Waals surface area contributed by atoms with Crippen LogP contribution < -0.4 is 14.8 Å². The predicted octanol–water partition coefficient (Wildman–Crippen LogP) is 4.72. The number of hydrogen-bond donors (Lipinski definition) is 1. The number of hydrogen-bond acceptors (Lipinski definition) is 3. The van der Waals surface area contributed by atoms with Crippen molar-refractivity contribution >= 4 is 34.8 Å². The van der Waals surface area contributed by atoms with E-state index in [1.807, 2.05) is 26.0 Å². The molecule has 122 valence electrons. The van der Waals surface area contributed by atoms with E-state index >= 15 is 0 Å². The van der Waals surface area contributed by atoms with Gasteiger partial charge in [-0.15, -0.1) is 0 Å². The zero-order valence-electron chi connectivity index (χ0n) is 12.9. The first-order valence-electron chi connectivity index (χ1n) is 7.11. The van der Waals surface area contributed by atoms with Crippen LogP contribution in [0.15, 0.2) is 36.4 Å². The van der Waals surface area contributed by atoms with Crippen molar-refractivity contribution in [3.63, 3.8) is 0 Å². The third-order valence-corrected chi connectivity index (χ3v) is 3.50. The molecule has 23 heavy (non-hydrogen) atoms. The molecule has 0 heterocycles. The lowest BCUT2D eigenvalue weighted by Gasteiger charge is -2.13. The Morgan fingerprint density at radius 3 is 2.61 bits per heavy atom. The van der Waals surface area contributed by atoms with E-state index in [2.05, 4.69) is 5.32 Å². The molecule has 0 saturated carbocycles. The van der Waals surface area contributed by atoms with E-state index in [1.165, 1.54) is 0 Å². The van der Waals surface area contributed by atoms with Crippen LogP contribution in [0.5, 0.6) is 11.5 Å². The van der Waals surface area contributed by atoms with E-state index in [1.54, 1.807) is 24.3 Å². The molecule has 1 N–H and O–H groups in total. The zero-order valence-corrected chi connectivity index (χ0v) is 14.4. The topological polar surface area (TPSA) is 47.6 Å². The maximum Gasteiger partial charge on any atom is 0.262 e. The van der Waals surface area contributed by atoms with E-state index in [0.717, 1.165) is 5.56 Å². The van der Waals surface area contributed by atoms with Crippen molar-refractivity contribution < 1.29 is 14.3 Å². The summed E-state index contributed by atoms with van der Waals surface area (Å²) in [5, 5.41) is 3.65. The highest BCUT2D eigenvalue weighted by molar-refractivity contribution is 6.35. The van der Waals surface area contributed by atoms with Crippen molar-refractivity contribution in [3.8, 4) is 11.5 Å². The summed E-state index contributed by atoms with van der Waals surface area (Å²) >= 11 is 12.0. The highest BCUT2D eigenvalue weighted by Gasteiger charge is 2.12. The number of halogens is 2. The number of rotatable bonds is 6. The summed E-state index contributed by atoms with van der Waals surface area (Å²) in [7, 11) is 0. The number of amides is 1. The Labute approximate surface area is 145 Å². The van der Waals surface area contributed by atoms with Gasteiger partial charge in [-0.3, -0.25) is 4.79 Å². The number of ether oxygens (including phenoxy) is 2. The minimum atomic E-state index is -0.303. The monoisotopic (exact) mass is 353 g/mol. The molecule has 0 aliphatic carbocycles. The highest BCUT2D eigenvalue weighted by Crippen LogP contribution is 2.32. The molecule has 0 unspecified atom stereocenters. The number of aryl methyl sites for hydroxylation is 1. The first kappa shape index (κ1) is 17.4. The number of benzene rings is 2. The molecule has 0 aliphatic rings. The van der Waals surface area contributed by atoms with Gasteiger partial charge in [0.05, 0.1) is 17.3 Å². The summed E-state index contributed by atoms with van der Waals surface area (Å²) in [6, 6.07) is 10.5. The molecule has 6 heteroatoms. The minimum absolute atomic E-state index is 0.164. The fourth-order valence-corrected chi connectivity index (χ4v) is 2.70. The van der Waals surface area contributed by atoms with E-state index < -0.39 is 0 Å². The van der Waals surface area contributed by atoms with Crippen molar-refractivity contribution in [1.29, 1.82) is 0 Å². The van der Waals surface area contributed by atoms with Crippen LogP contribution in [0.1, 0.15) is 12.5 Å². The van der Waals surface area contributed by atoms with Gasteiger partial charge in [0, 0.05) is 5.02 Å². The molecule has 2 rings (SSSR count). The van der Waals surface area contributed by atoms with Crippen LogP contribution in [0.3, 0.4) is 0 Å². The Bertz CT molecular complexity index is 681. The maximum absolute atomic E-state index is 12.1. The van der Waals surface area contributed by atoms with Crippen molar-refractivity contribution in [2.24, 2.45) is 0 Å². The molecule has 0 radical (unpaired) electrons. The van der Waals surface area contributed by atoms with Gasteiger partial charge in [0.2, 0.25) is 0 Å². The van der Waals surface area contributed by atoms with E-state index in [-0.39, 0.29) is 12.5 Å². The highest BCUT2D eigenvalue weighted by atomic mass is 35.5. The molecule has 1 amide bonds. The Hall–Kier alpha value is -1.91. The second kappa shape index (κ2) is 8.09. The van der Waals surface area contributed by atoms with Crippen LogP contribution in [0.2, 0.25) is 10.0 Å². The van der Waals surface area contributed by atoms with Gasteiger partial charge >= 0.3 is 0 Å². The van der Waals surface area contributed by atoms with E-state index in [4.69, 9.17) is 32.7 Å². The molecule has 0 aromatic heterocycles. The van der Waals surface area contributed by atoms with Gasteiger partial charge < -0.3 is 14.8 Å². The molecule has 2 aromatic carbocycles. The van der Waals surface area contributed by atoms with Crippen LogP contribution in [0, 0.1) is 6.92 Å². The van der Waals surface area contributed by atoms with Crippen molar-refractivity contribution in [1.82, 2.24) is 0 Å². The van der Waals surface area contributed by atoms with Crippen LogP contribution in [-0.4, -0.2) is 19.1 Å². The molecule has 0 fully saturated rings. The maximum atomic E-state index is 12.1. The molecule has 0 atom stereocenters. The molecule has 0 spiro atoms. The van der Waals surface area contributed by atoms with Gasteiger partial charge in [-0.25, -0.2) is 0 Å². The van der Waals surface area contributed by atoms with Gasteiger partial charge in [-0.2, -0.15) is 0 Å². The Kier molecular flexibility index (Phi) is 6.13. The summed E-state index contributed by atoms with van der Waals surface area (Å²) in [5.74, 6) is 0.760. The van der Waals surface area contributed by atoms with Gasteiger partial charge in [-0.1, -0.05) is 35.3 Å². The van der Waals surface area contributed by atoms with Gasteiger partial charge in [0.25, 0.3) is 5.91 Å². The minimum Gasteiger partial charge on any atom is -0.492 e. The Morgan fingerprint density at radius 2 is 1.91 bits per heavy atom. The standard InChI is InChI=1S/C17H17Cl2NO3/c1-3-22-15-7-5-4-6-14(15)20-16(21)10-23-17-11(2)8-12(18)9-13(17)19/h4-9H,3,10H2,1-2H3,(H,20,21). The SMILES string of the molecule is CCOc1ccccc1NC(=O)COc1c(C)cc(Cl)cc1Cl. The summed E-state index contributed by atoms with van der Waals surface area (Å²) < 4.78 is 11.0. The van der Waals surface area contributed by atoms with Crippen LogP contribution >= 0.6 is 23.2 Å². The number of para-hydroxylation sites is 2. The first-order valence-corrected chi connectivity index (χ1v) is 7.87. The van der Waals surface area contributed by atoms with Crippen molar-refractivity contribution in [2.75, 3.05) is 18.5 Å².